The molecule has 0 saturated carbocycles. The van der Waals surface area contributed by atoms with Crippen LogP contribution in [0.5, 0.6) is 0 Å². The molecule has 1 N–H and O–H groups in total. The third-order valence-electron chi connectivity index (χ3n) is 2.45. The average Bonchev–Trinajstić information content (AvgIpc) is 2.56. The van der Waals surface area contributed by atoms with Gasteiger partial charge in [0.1, 0.15) is 10.9 Å². The number of hydrogen-bond acceptors (Lipinski definition) is 2. The Balaban J connectivity index is 2.82. The molecule has 19 heavy (non-hydrogen) atoms. The van der Waals surface area contributed by atoms with Crippen molar-refractivity contribution in [3.8, 4) is 5.69 Å². The van der Waals surface area contributed by atoms with E-state index < -0.39 is 0 Å². The van der Waals surface area contributed by atoms with Crippen LogP contribution < -0.4 is 16.1 Å². The minimum absolute atomic E-state index is 0.254. The summed E-state index contributed by atoms with van der Waals surface area (Å²) in [4.78, 5) is 12.2. The van der Waals surface area contributed by atoms with E-state index in [-0.39, 0.29) is 15.6 Å². The van der Waals surface area contributed by atoms with Crippen molar-refractivity contribution < 1.29 is 4.74 Å². The number of methoxy groups -OCH3 is 1. The number of nitrogens with one attached hydrogen (secondary N) is 1. The molecule has 0 aliphatic rings. The van der Waals surface area contributed by atoms with Crippen molar-refractivity contribution in [1.29, 1.82) is 0 Å². The molecule has 1 aromatic carbocycles. The first-order valence-corrected chi connectivity index (χ1v) is 6.27. The van der Waals surface area contributed by atoms with Crippen molar-refractivity contribution >= 4 is 47.6 Å². The Kier molecular flexibility index (Phi) is 3.94. The number of aromatic amines is 1. The number of aromatic nitrogens is 2. The van der Waals surface area contributed by atoms with E-state index in [2.05, 4.69) is 11.7 Å². The number of nitrogens with zero attached hydrogens (tertiary/aromatic N) is 1. The molecule has 0 aliphatic carbocycles. The zero-order valence-corrected chi connectivity index (χ0v) is 12.1. The predicted molar refractivity (Wildman–Crippen MR) is 77.7 cm³/mol. The van der Waals surface area contributed by atoms with Crippen LogP contribution in [0.15, 0.2) is 16.9 Å². The second-order valence-electron chi connectivity index (χ2n) is 3.72. The number of ether oxygens (including phenoxy) is 1. The molecule has 0 amide bonds. The van der Waals surface area contributed by atoms with Crippen LogP contribution in [0.1, 0.15) is 0 Å². The van der Waals surface area contributed by atoms with E-state index in [4.69, 9.17) is 39.5 Å². The highest BCUT2D eigenvalue weighted by Crippen LogP contribution is 2.30. The van der Waals surface area contributed by atoms with E-state index in [0.29, 0.717) is 21.3 Å². The Hall–Kier alpha value is -1.36. The van der Waals surface area contributed by atoms with Gasteiger partial charge in [-0.3, -0.25) is 9.89 Å². The molecule has 1 heterocycles. The molecule has 0 unspecified atom stereocenters. The lowest BCUT2D eigenvalue weighted by atomic mass is 10.3. The summed E-state index contributed by atoms with van der Waals surface area (Å²) in [6, 6.07) is 3.00. The summed E-state index contributed by atoms with van der Waals surface area (Å²) in [6.07, 6.45) is 1.30. The standard InChI is InChI=1S/C12H9Cl3N2O2/c1-6-8(5-19-2)12(18)17(16-6)11-9(14)3-7(13)4-10(11)15/h3-5,16H,1H2,2H3. The topological polar surface area (TPSA) is 47.0 Å². The van der Waals surface area contributed by atoms with Crippen LogP contribution in [0.4, 0.5) is 0 Å². The number of H-pyrrole nitrogens is 1. The van der Waals surface area contributed by atoms with Crippen LogP contribution in [-0.4, -0.2) is 16.9 Å². The van der Waals surface area contributed by atoms with Gasteiger partial charge in [-0.2, -0.15) is 0 Å². The first-order chi connectivity index (χ1) is 8.95. The molecule has 0 spiro atoms. The summed E-state index contributed by atoms with van der Waals surface area (Å²) >= 11 is 18.0. The van der Waals surface area contributed by atoms with Crippen LogP contribution in [-0.2, 0) is 4.74 Å². The lowest BCUT2D eigenvalue weighted by Crippen LogP contribution is -2.34. The zero-order valence-electron chi connectivity index (χ0n) is 9.84. The molecule has 0 atom stereocenters. The summed E-state index contributed by atoms with van der Waals surface area (Å²) in [5.41, 5.74) is -0.0450. The molecule has 0 fully saturated rings. The van der Waals surface area contributed by atoms with Crippen molar-refractivity contribution in [3.05, 3.63) is 48.1 Å². The first-order valence-electron chi connectivity index (χ1n) is 5.13. The number of benzene rings is 1. The van der Waals surface area contributed by atoms with Crippen LogP contribution >= 0.6 is 34.8 Å². The maximum atomic E-state index is 12.2. The van der Waals surface area contributed by atoms with Crippen LogP contribution in [0.3, 0.4) is 0 Å². The summed E-state index contributed by atoms with van der Waals surface area (Å²) in [6.45, 7) is 3.72. The summed E-state index contributed by atoms with van der Waals surface area (Å²) in [5, 5.41) is 4.37. The van der Waals surface area contributed by atoms with Crippen molar-refractivity contribution in [1.82, 2.24) is 9.78 Å². The lowest BCUT2D eigenvalue weighted by Gasteiger charge is -2.07. The fourth-order valence-corrected chi connectivity index (χ4v) is 2.63. The Morgan fingerprint density at radius 2 is 1.89 bits per heavy atom. The van der Waals surface area contributed by atoms with E-state index in [0.717, 1.165) is 0 Å². The van der Waals surface area contributed by atoms with E-state index in [1.54, 1.807) is 0 Å². The normalized spacial score (nSPS) is 11.9. The maximum absolute atomic E-state index is 12.2. The minimum atomic E-state index is -0.363. The fourth-order valence-electron chi connectivity index (χ4n) is 1.64. The molecular formula is C12H9Cl3N2O2. The third-order valence-corrected chi connectivity index (χ3v) is 3.24. The van der Waals surface area contributed by atoms with Gasteiger partial charge in [-0.05, 0) is 12.1 Å². The van der Waals surface area contributed by atoms with Gasteiger partial charge in [0.15, 0.2) is 0 Å². The van der Waals surface area contributed by atoms with Crippen molar-refractivity contribution in [2.45, 2.75) is 0 Å². The van der Waals surface area contributed by atoms with Crippen molar-refractivity contribution in [2.75, 3.05) is 7.11 Å². The highest BCUT2D eigenvalue weighted by Gasteiger charge is 2.13. The van der Waals surface area contributed by atoms with Gasteiger partial charge in [0.05, 0.1) is 28.8 Å². The first kappa shape index (κ1) is 14.1. The molecule has 7 heteroatoms. The largest absolute Gasteiger partial charge is 0.503 e. The van der Waals surface area contributed by atoms with Gasteiger partial charge in [-0.25, -0.2) is 4.68 Å². The quantitative estimate of drug-likeness (QED) is 0.919. The Morgan fingerprint density at radius 1 is 1.32 bits per heavy atom. The van der Waals surface area contributed by atoms with Crippen molar-refractivity contribution in [3.63, 3.8) is 0 Å². The van der Waals surface area contributed by atoms with Gasteiger partial charge in [0, 0.05) is 5.02 Å². The summed E-state index contributed by atoms with van der Waals surface area (Å²) in [5.74, 6) is 0. The van der Waals surface area contributed by atoms with Gasteiger partial charge in [-0.1, -0.05) is 41.4 Å². The van der Waals surface area contributed by atoms with Gasteiger partial charge in [-0.15, -0.1) is 0 Å². The van der Waals surface area contributed by atoms with E-state index in [9.17, 15) is 4.79 Å². The third kappa shape index (κ3) is 2.52. The average molecular weight is 320 g/mol. The van der Waals surface area contributed by atoms with Gasteiger partial charge < -0.3 is 4.74 Å². The second-order valence-corrected chi connectivity index (χ2v) is 4.97. The molecule has 2 rings (SSSR count). The molecule has 4 nitrogen and oxygen atoms in total. The van der Waals surface area contributed by atoms with Crippen molar-refractivity contribution in [2.24, 2.45) is 0 Å². The van der Waals surface area contributed by atoms with E-state index >= 15 is 0 Å². The smallest absolute Gasteiger partial charge is 0.282 e. The molecule has 1 aromatic heterocycles. The Labute approximate surface area is 123 Å². The highest BCUT2D eigenvalue weighted by atomic mass is 35.5. The number of hydrogen-bond donors (Lipinski definition) is 1. The summed E-state index contributed by atoms with van der Waals surface area (Å²) < 4.78 is 6.04. The molecular weight excluding hydrogens is 311 g/mol. The lowest BCUT2D eigenvalue weighted by molar-refractivity contribution is 0.391. The summed E-state index contributed by atoms with van der Waals surface area (Å²) in [7, 11) is 1.44. The van der Waals surface area contributed by atoms with Crippen LogP contribution in [0.25, 0.3) is 18.5 Å². The van der Waals surface area contributed by atoms with Gasteiger partial charge >= 0.3 is 0 Å². The minimum Gasteiger partial charge on any atom is -0.503 e. The van der Waals surface area contributed by atoms with Crippen LogP contribution in [0, 0.1) is 0 Å². The second kappa shape index (κ2) is 5.33. The predicted octanol–water partition coefficient (Wildman–Crippen LogP) is 1.92. The maximum Gasteiger partial charge on any atom is 0.282 e. The zero-order chi connectivity index (χ0) is 14.2. The highest BCUT2D eigenvalue weighted by molar-refractivity contribution is 6.40. The number of rotatable bonds is 2. The monoisotopic (exact) mass is 318 g/mol. The Bertz CT molecular complexity index is 769. The van der Waals surface area contributed by atoms with E-state index in [1.807, 2.05) is 0 Å². The van der Waals surface area contributed by atoms with Gasteiger partial charge in [0.2, 0.25) is 0 Å². The Morgan fingerprint density at radius 3 is 2.42 bits per heavy atom. The molecule has 100 valence electrons. The van der Waals surface area contributed by atoms with E-state index in [1.165, 1.54) is 30.2 Å². The van der Waals surface area contributed by atoms with Gasteiger partial charge in [0.25, 0.3) is 5.56 Å². The SMILES string of the molecule is C=c1[nH]n(-c2c(Cl)cc(Cl)cc2Cl)c(=O)c1=COC. The molecule has 0 aliphatic heterocycles. The van der Waals surface area contributed by atoms with Crippen LogP contribution in [0.2, 0.25) is 15.1 Å². The molecule has 0 saturated heterocycles. The fraction of sp³-hybridized carbons (Fsp3) is 0.0833. The number of halogens is 3. The molecule has 2 aromatic rings. The molecule has 0 radical (unpaired) electrons. The molecule has 0 bridgehead atoms.